The summed E-state index contributed by atoms with van der Waals surface area (Å²) in [5.74, 6) is -0.775. The van der Waals surface area contributed by atoms with Crippen molar-refractivity contribution >= 4 is 12.0 Å². The van der Waals surface area contributed by atoms with E-state index in [2.05, 4.69) is 0 Å². The Balaban J connectivity index is 1.93. The van der Waals surface area contributed by atoms with Crippen LogP contribution in [-0.4, -0.2) is 52.6 Å². The monoisotopic (exact) mass is 254 g/mol. The zero-order valence-electron chi connectivity index (χ0n) is 11.0. The second-order valence-electron chi connectivity index (χ2n) is 5.40. The second kappa shape index (κ2) is 5.59. The van der Waals surface area contributed by atoms with Gasteiger partial charge >= 0.3 is 12.0 Å². The molecule has 2 aliphatic rings. The number of carbonyl (C=O) groups is 2. The van der Waals surface area contributed by atoms with E-state index >= 15 is 0 Å². The lowest BCUT2D eigenvalue weighted by atomic mass is 9.98. The van der Waals surface area contributed by atoms with Gasteiger partial charge in [0, 0.05) is 32.1 Å². The Morgan fingerprint density at radius 3 is 2.61 bits per heavy atom. The van der Waals surface area contributed by atoms with E-state index in [1.165, 1.54) is 0 Å². The van der Waals surface area contributed by atoms with Gasteiger partial charge in [0.25, 0.3) is 0 Å². The van der Waals surface area contributed by atoms with Crippen LogP contribution in [0, 0.1) is 0 Å². The summed E-state index contributed by atoms with van der Waals surface area (Å²) >= 11 is 0. The molecule has 1 aliphatic heterocycles. The van der Waals surface area contributed by atoms with E-state index in [-0.39, 0.29) is 18.5 Å². The summed E-state index contributed by atoms with van der Waals surface area (Å²) in [7, 11) is 1.86. The van der Waals surface area contributed by atoms with Gasteiger partial charge in [-0.05, 0) is 38.5 Å². The number of hydrogen-bond donors (Lipinski definition) is 1. The van der Waals surface area contributed by atoms with Crippen LogP contribution in [0.1, 0.15) is 44.9 Å². The Morgan fingerprint density at radius 2 is 2.00 bits per heavy atom. The number of rotatable bonds is 4. The van der Waals surface area contributed by atoms with Gasteiger partial charge in [-0.1, -0.05) is 0 Å². The molecule has 0 spiro atoms. The van der Waals surface area contributed by atoms with Crippen LogP contribution in [0.15, 0.2) is 0 Å². The molecular weight excluding hydrogens is 232 g/mol. The lowest BCUT2D eigenvalue weighted by molar-refractivity contribution is -0.137. The topological polar surface area (TPSA) is 60.9 Å². The van der Waals surface area contributed by atoms with E-state index < -0.39 is 5.97 Å². The summed E-state index contributed by atoms with van der Waals surface area (Å²) in [4.78, 5) is 26.7. The SMILES string of the molecule is CN(C(=O)N1CCCCC1CCC(=O)O)C1CC1. The van der Waals surface area contributed by atoms with Gasteiger partial charge < -0.3 is 14.9 Å². The van der Waals surface area contributed by atoms with Crippen LogP contribution in [0.3, 0.4) is 0 Å². The smallest absolute Gasteiger partial charge is 0.320 e. The number of likely N-dealkylation sites (tertiary alicyclic amines) is 1. The van der Waals surface area contributed by atoms with Gasteiger partial charge in [-0.25, -0.2) is 4.79 Å². The first-order valence-electron chi connectivity index (χ1n) is 6.85. The Labute approximate surface area is 108 Å². The van der Waals surface area contributed by atoms with Crippen molar-refractivity contribution in [2.24, 2.45) is 0 Å². The van der Waals surface area contributed by atoms with Gasteiger partial charge in [-0.15, -0.1) is 0 Å². The molecule has 0 aromatic carbocycles. The Bertz CT molecular complexity index is 328. The van der Waals surface area contributed by atoms with E-state index in [1.807, 2.05) is 16.8 Å². The predicted octanol–water partition coefficient (Wildman–Crippen LogP) is 1.92. The van der Waals surface area contributed by atoms with Gasteiger partial charge in [0.1, 0.15) is 0 Å². The maximum atomic E-state index is 12.3. The Morgan fingerprint density at radius 1 is 1.28 bits per heavy atom. The molecule has 1 saturated carbocycles. The number of aliphatic carboxylic acids is 1. The van der Waals surface area contributed by atoms with Gasteiger partial charge in [0.15, 0.2) is 0 Å². The molecule has 1 atom stereocenters. The molecule has 1 unspecified atom stereocenters. The fourth-order valence-electron chi connectivity index (χ4n) is 2.66. The molecule has 5 heteroatoms. The first kappa shape index (κ1) is 13.2. The van der Waals surface area contributed by atoms with Crippen LogP contribution in [0.5, 0.6) is 0 Å². The lowest BCUT2D eigenvalue weighted by Gasteiger charge is -2.38. The third-order valence-corrected chi connectivity index (χ3v) is 3.96. The number of urea groups is 1. The molecule has 102 valence electrons. The van der Waals surface area contributed by atoms with Crippen LogP contribution < -0.4 is 0 Å². The van der Waals surface area contributed by atoms with Crippen molar-refractivity contribution in [3.63, 3.8) is 0 Å². The summed E-state index contributed by atoms with van der Waals surface area (Å²) in [6, 6.07) is 0.621. The second-order valence-corrected chi connectivity index (χ2v) is 5.40. The Kier molecular flexibility index (Phi) is 4.09. The molecule has 2 fully saturated rings. The van der Waals surface area contributed by atoms with E-state index in [0.29, 0.717) is 12.5 Å². The number of carbonyl (C=O) groups excluding carboxylic acids is 1. The molecule has 0 bridgehead atoms. The summed E-state index contributed by atoms with van der Waals surface area (Å²) in [5, 5.41) is 8.76. The molecule has 1 N–H and O–H groups in total. The third-order valence-electron chi connectivity index (χ3n) is 3.96. The minimum Gasteiger partial charge on any atom is -0.481 e. The summed E-state index contributed by atoms with van der Waals surface area (Å²) in [6.07, 6.45) is 6.03. The summed E-state index contributed by atoms with van der Waals surface area (Å²) < 4.78 is 0. The normalized spacial score (nSPS) is 23.8. The lowest BCUT2D eigenvalue weighted by Crippen LogP contribution is -2.49. The molecule has 1 saturated heterocycles. The third kappa shape index (κ3) is 3.15. The number of hydrogen-bond acceptors (Lipinski definition) is 2. The molecule has 0 radical (unpaired) electrons. The van der Waals surface area contributed by atoms with E-state index in [1.54, 1.807) is 0 Å². The minimum atomic E-state index is -0.775. The quantitative estimate of drug-likeness (QED) is 0.833. The highest BCUT2D eigenvalue weighted by atomic mass is 16.4. The summed E-state index contributed by atoms with van der Waals surface area (Å²) in [6.45, 7) is 0.778. The number of carboxylic acid groups (broad SMARTS) is 1. The van der Waals surface area contributed by atoms with E-state index in [4.69, 9.17) is 5.11 Å². The summed E-state index contributed by atoms with van der Waals surface area (Å²) in [5.41, 5.74) is 0. The fraction of sp³-hybridized carbons (Fsp3) is 0.846. The average molecular weight is 254 g/mol. The van der Waals surface area contributed by atoms with Crippen LogP contribution in [-0.2, 0) is 4.79 Å². The number of carboxylic acids is 1. The highest BCUT2D eigenvalue weighted by molar-refractivity contribution is 5.75. The van der Waals surface area contributed by atoms with Crippen molar-refractivity contribution in [1.82, 2.24) is 9.80 Å². The zero-order valence-corrected chi connectivity index (χ0v) is 11.0. The van der Waals surface area contributed by atoms with Crippen molar-refractivity contribution in [2.75, 3.05) is 13.6 Å². The van der Waals surface area contributed by atoms with Crippen molar-refractivity contribution in [3.8, 4) is 0 Å². The molecule has 2 amide bonds. The van der Waals surface area contributed by atoms with Crippen LogP contribution in [0.4, 0.5) is 4.79 Å². The molecule has 1 aliphatic carbocycles. The van der Waals surface area contributed by atoms with E-state index in [0.717, 1.165) is 38.6 Å². The van der Waals surface area contributed by atoms with Gasteiger partial charge in [0.2, 0.25) is 0 Å². The van der Waals surface area contributed by atoms with Gasteiger partial charge in [0.05, 0.1) is 0 Å². The molecule has 5 nitrogen and oxygen atoms in total. The minimum absolute atomic E-state index is 0.0904. The number of amides is 2. The average Bonchev–Trinajstić information content (AvgIpc) is 3.19. The Hall–Kier alpha value is -1.26. The van der Waals surface area contributed by atoms with Crippen LogP contribution >= 0.6 is 0 Å². The standard InChI is InChI=1S/C13H22N2O3/c1-14(10-5-6-10)13(18)15-9-3-2-4-11(15)7-8-12(16)17/h10-11H,2-9H2,1H3,(H,16,17). The maximum absolute atomic E-state index is 12.3. The highest BCUT2D eigenvalue weighted by Gasteiger charge is 2.35. The molecule has 18 heavy (non-hydrogen) atoms. The van der Waals surface area contributed by atoms with Gasteiger partial charge in [-0.3, -0.25) is 4.79 Å². The maximum Gasteiger partial charge on any atom is 0.320 e. The highest BCUT2D eigenvalue weighted by Crippen LogP contribution is 2.29. The molecule has 1 heterocycles. The van der Waals surface area contributed by atoms with E-state index in [9.17, 15) is 9.59 Å². The largest absolute Gasteiger partial charge is 0.481 e. The van der Waals surface area contributed by atoms with Crippen LogP contribution in [0.2, 0.25) is 0 Å². The zero-order chi connectivity index (χ0) is 13.1. The van der Waals surface area contributed by atoms with Crippen LogP contribution in [0.25, 0.3) is 0 Å². The first-order chi connectivity index (χ1) is 8.59. The number of piperidine rings is 1. The molecule has 0 aromatic heterocycles. The predicted molar refractivity (Wildman–Crippen MR) is 67.4 cm³/mol. The van der Waals surface area contributed by atoms with Crippen molar-refractivity contribution in [3.05, 3.63) is 0 Å². The molecular formula is C13H22N2O3. The van der Waals surface area contributed by atoms with Gasteiger partial charge in [-0.2, -0.15) is 0 Å². The first-order valence-corrected chi connectivity index (χ1v) is 6.85. The number of nitrogens with zero attached hydrogens (tertiary/aromatic N) is 2. The molecule has 0 aromatic rings. The fourth-order valence-corrected chi connectivity index (χ4v) is 2.66. The van der Waals surface area contributed by atoms with Crippen molar-refractivity contribution in [2.45, 2.75) is 57.0 Å². The molecule has 2 rings (SSSR count). The van der Waals surface area contributed by atoms with Crippen molar-refractivity contribution < 1.29 is 14.7 Å². The van der Waals surface area contributed by atoms with Crippen molar-refractivity contribution in [1.29, 1.82) is 0 Å².